The van der Waals surface area contributed by atoms with E-state index in [1.54, 1.807) is 12.1 Å². The highest BCUT2D eigenvalue weighted by molar-refractivity contribution is 7.92. The molecule has 2 fully saturated rings. The third-order valence-corrected chi connectivity index (χ3v) is 9.39. The summed E-state index contributed by atoms with van der Waals surface area (Å²) in [4.78, 5) is 13.1. The number of aliphatic hydroxyl groups excluding tert-OH is 1. The summed E-state index contributed by atoms with van der Waals surface area (Å²) in [6.07, 6.45) is -1.24. The van der Waals surface area contributed by atoms with Crippen molar-refractivity contribution in [3.8, 4) is 0 Å². The third kappa shape index (κ3) is 7.05. The van der Waals surface area contributed by atoms with Gasteiger partial charge in [0.15, 0.2) is 16.1 Å². The molecule has 0 spiro atoms. The van der Waals surface area contributed by atoms with Crippen molar-refractivity contribution in [1.29, 1.82) is 0 Å². The molecule has 1 unspecified atom stereocenters. The van der Waals surface area contributed by atoms with Crippen LogP contribution in [0, 0.1) is 11.8 Å². The number of aliphatic hydroxyl groups is 1. The van der Waals surface area contributed by atoms with Gasteiger partial charge in [-0.15, -0.1) is 0 Å². The Morgan fingerprint density at radius 1 is 1.11 bits per heavy atom. The first kappa shape index (κ1) is 28.4. The molecule has 2 aliphatic heterocycles. The molecular formula is C28H38N2O7S. The van der Waals surface area contributed by atoms with Gasteiger partial charge in [-0.3, -0.25) is 0 Å². The zero-order chi connectivity index (χ0) is 27.3. The Kier molecular flexibility index (Phi) is 9.30. The number of nitrogen functional groups attached to an aromatic ring is 1. The summed E-state index contributed by atoms with van der Waals surface area (Å²) in [5, 5.41) is 13.3. The number of nitrogens with two attached hydrogens (primary N) is 1. The molecule has 0 saturated carbocycles. The number of hydrogen-bond donors (Lipinski definition) is 3. The van der Waals surface area contributed by atoms with Crippen LogP contribution in [-0.4, -0.2) is 62.6 Å². The van der Waals surface area contributed by atoms with Crippen LogP contribution in [0.3, 0.4) is 0 Å². The number of carbonyl (C=O) groups is 1. The molecule has 2 saturated heterocycles. The van der Waals surface area contributed by atoms with Crippen molar-refractivity contribution in [2.24, 2.45) is 11.8 Å². The topological polar surface area (TPSA) is 137 Å². The van der Waals surface area contributed by atoms with Crippen molar-refractivity contribution in [3.05, 3.63) is 60.2 Å². The van der Waals surface area contributed by atoms with E-state index in [0.717, 1.165) is 12.0 Å². The van der Waals surface area contributed by atoms with Gasteiger partial charge < -0.3 is 30.4 Å². The molecule has 2 heterocycles. The summed E-state index contributed by atoms with van der Waals surface area (Å²) >= 11 is 0. The number of hydrogen-bond acceptors (Lipinski definition) is 8. The SMILES string of the molecule is CC(C)CC(C[C@@H](O)[C@H](Cc1ccccc1)NC(=O)O[C@H]1CO[C@H]2OCC[C@H]21)S(=O)(=O)c1ccc(N)cc1. The largest absolute Gasteiger partial charge is 0.443 e. The van der Waals surface area contributed by atoms with Gasteiger partial charge in [-0.25, -0.2) is 13.2 Å². The second-order valence-corrected chi connectivity index (χ2v) is 12.8. The van der Waals surface area contributed by atoms with Crippen molar-refractivity contribution in [2.75, 3.05) is 18.9 Å². The minimum atomic E-state index is -3.76. The zero-order valence-corrected chi connectivity index (χ0v) is 22.7. The number of alkyl carbamates (subject to hydrolysis) is 1. The summed E-state index contributed by atoms with van der Waals surface area (Å²) in [6.45, 7) is 4.70. The van der Waals surface area contributed by atoms with Gasteiger partial charge in [-0.05, 0) is 61.4 Å². The molecule has 2 aliphatic rings. The van der Waals surface area contributed by atoms with E-state index in [9.17, 15) is 18.3 Å². The molecule has 208 valence electrons. The fourth-order valence-corrected chi connectivity index (χ4v) is 7.17. The Bertz CT molecular complexity index is 1160. The van der Waals surface area contributed by atoms with Crippen LogP contribution in [-0.2, 0) is 30.5 Å². The first-order valence-electron chi connectivity index (χ1n) is 13.1. The molecule has 38 heavy (non-hydrogen) atoms. The van der Waals surface area contributed by atoms with Crippen molar-refractivity contribution in [2.45, 2.75) is 74.2 Å². The summed E-state index contributed by atoms with van der Waals surface area (Å²) in [5.41, 5.74) is 7.12. The Balaban J connectivity index is 1.51. The molecule has 9 nitrogen and oxygen atoms in total. The van der Waals surface area contributed by atoms with Crippen LogP contribution < -0.4 is 11.1 Å². The maximum absolute atomic E-state index is 13.6. The van der Waals surface area contributed by atoms with Gasteiger partial charge in [0.05, 0.1) is 41.4 Å². The highest BCUT2D eigenvalue weighted by Gasteiger charge is 2.44. The molecule has 4 rings (SSSR count). The van der Waals surface area contributed by atoms with Gasteiger partial charge in [0.25, 0.3) is 0 Å². The molecule has 0 radical (unpaired) electrons. The predicted octanol–water partition coefficient (Wildman–Crippen LogP) is 3.31. The summed E-state index contributed by atoms with van der Waals surface area (Å²) in [6, 6.07) is 14.8. The number of rotatable bonds is 11. The van der Waals surface area contributed by atoms with Gasteiger partial charge in [0, 0.05) is 5.69 Å². The number of anilines is 1. The number of amides is 1. The van der Waals surface area contributed by atoms with E-state index < -0.39 is 39.4 Å². The molecule has 1 amide bonds. The molecule has 0 aromatic heterocycles. The maximum atomic E-state index is 13.6. The van der Waals surface area contributed by atoms with Crippen molar-refractivity contribution < 1.29 is 32.5 Å². The average Bonchev–Trinajstić information content (AvgIpc) is 3.49. The first-order chi connectivity index (χ1) is 18.1. The third-order valence-electron chi connectivity index (χ3n) is 7.20. The number of sulfone groups is 1. The van der Waals surface area contributed by atoms with Gasteiger partial charge in [-0.1, -0.05) is 44.2 Å². The van der Waals surface area contributed by atoms with E-state index in [4.69, 9.17) is 19.9 Å². The standard InChI is InChI=1S/C28H38N2O7S/c1-18(2)14-22(38(33,34)21-10-8-20(29)9-11-21)16-25(31)24(15-19-6-4-3-5-7-19)30-28(32)37-26-17-36-27-23(26)12-13-35-27/h3-11,18,22-27,31H,12-17,29H2,1-2H3,(H,30,32)/t22?,23-,24-,25+,26-,27+/m0/s1. The Hall–Kier alpha value is -2.66. The fraction of sp³-hybridized carbons (Fsp3) is 0.536. The predicted molar refractivity (Wildman–Crippen MR) is 143 cm³/mol. The fourth-order valence-electron chi connectivity index (χ4n) is 5.18. The number of carbonyl (C=O) groups excluding carboxylic acids is 1. The lowest BCUT2D eigenvalue weighted by molar-refractivity contribution is -0.0907. The lowest BCUT2D eigenvalue weighted by Crippen LogP contribution is -2.48. The monoisotopic (exact) mass is 546 g/mol. The molecule has 10 heteroatoms. The van der Waals surface area contributed by atoms with Crippen molar-refractivity contribution >= 4 is 21.6 Å². The molecular weight excluding hydrogens is 508 g/mol. The van der Waals surface area contributed by atoms with Crippen LogP contribution in [0.2, 0.25) is 0 Å². The van der Waals surface area contributed by atoms with Crippen LogP contribution in [0.4, 0.5) is 10.5 Å². The number of nitrogens with one attached hydrogen (secondary N) is 1. The minimum absolute atomic E-state index is 0.0151. The number of fused-ring (bicyclic) bond motifs is 1. The minimum Gasteiger partial charge on any atom is -0.443 e. The van der Waals surface area contributed by atoms with E-state index >= 15 is 0 Å². The molecule has 6 atom stereocenters. The highest BCUT2D eigenvalue weighted by atomic mass is 32.2. The van der Waals surface area contributed by atoms with Crippen LogP contribution in [0.25, 0.3) is 0 Å². The van der Waals surface area contributed by atoms with Crippen LogP contribution in [0.15, 0.2) is 59.5 Å². The van der Waals surface area contributed by atoms with Gasteiger partial charge in [-0.2, -0.15) is 0 Å². The van der Waals surface area contributed by atoms with Gasteiger partial charge in [0.1, 0.15) is 6.10 Å². The normalized spacial score (nSPS) is 23.5. The van der Waals surface area contributed by atoms with Gasteiger partial charge >= 0.3 is 6.09 Å². The summed E-state index contributed by atoms with van der Waals surface area (Å²) in [5.74, 6) is 0.0592. The molecule has 2 aromatic carbocycles. The Morgan fingerprint density at radius 3 is 2.50 bits per heavy atom. The van der Waals surface area contributed by atoms with E-state index in [1.807, 2.05) is 44.2 Å². The van der Waals surface area contributed by atoms with E-state index in [2.05, 4.69) is 5.32 Å². The Labute approximate surface area is 224 Å². The molecule has 0 bridgehead atoms. The lowest BCUT2D eigenvalue weighted by Gasteiger charge is -2.29. The maximum Gasteiger partial charge on any atom is 0.407 e. The second kappa shape index (κ2) is 12.5. The van der Waals surface area contributed by atoms with Crippen molar-refractivity contribution in [3.63, 3.8) is 0 Å². The average molecular weight is 547 g/mol. The van der Waals surface area contributed by atoms with Crippen molar-refractivity contribution in [1.82, 2.24) is 5.32 Å². The molecule has 0 aliphatic carbocycles. The lowest BCUT2D eigenvalue weighted by atomic mass is 9.95. The summed E-state index contributed by atoms with van der Waals surface area (Å²) < 4.78 is 43.9. The Morgan fingerprint density at radius 2 is 1.82 bits per heavy atom. The van der Waals surface area contributed by atoms with E-state index in [-0.39, 0.29) is 36.0 Å². The second-order valence-electron chi connectivity index (χ2n) is 10.6. The van der Waals surface area contributed by atoms with Crippen LogP contribution in [0.5, 0.6) is 0 Å². The quantitative estimate of drug-likeness (QED) is 0.365. The summed E-state index contributed by atoms with van der Waals surface area (Å²) in [7, 11) is -3.76. The van der Waals surface area contributed by atoms with Gasteiger partial charge in [0.2, 0.25) is 0 Å². The van der Waals surface area contributed by atoms with Crippen LogP contribution in [0.1, 0.15) is 38.7 Å². The van der Waals surface area contributed by atoms with E-state index in [1.165, 1.54) is 12.1 Å². The smallest absolute Gasteiger partial charge is 0.407 e. The zero-order valence-electron chi connectivity index (χ0n) is 21.9. The van der Waals surface area contributed by atoms with Crippen LogP contribution >= 0.6 is 0 Å². The molecule has 4 N–H and O–H groups in total. The number of benzene rings is 2. The molecule has 2 aromatic rings. The number of ether oxygens (including phenoxy) is 3. The highest BCUT2D eigenvalue weighted by Crippen LogP contribution is 2.33. The first-order valence-corrected chi connectivity index (χ1v) is 14.7. The van der Waals surface area contributed by atoms with E-state index in [0.29, 0.717) is 25.1 Å².